The molecule has 0 unspecified atom stereocenters. The van der Waals surface area contributed by atoms with Gasteiger partial charge in [-0.25, -0.2) is 0 Å². The summed E-state index contributed by atoms with van der Waals surface area (Å²) < 4.78 is 12.1. The van der Waals surface area contributed by atoms with E-state index in [1.807, 2.05) is 31.2 Å². The van der Waals surface area contributed by atoms with E-state index in [-0.39, 0.29) is 6.10 Å². The van der Waals surface area contributed by atoms with Crippen molar-refractivity contribution in [1.82, 2.24) is 10.2 Å². The van der Waals surface area contributed by atoms with Gasteiger partial charge in [-0.05, 0) is 47.7 Å². The van der Waals surface area contributed by atoms with Gasteiger partial charge in [-0.3, -0.25) is 0 Å². The van der Waals surface area contributed by atoms with E-state index in [9.17, 15) is 0 Å². The number of ether oxygens (including phenoxy) is 1. The van der Waals surface area contributed by atoms with Gasteiger partial charge in [-0.1, -0.05) is 6.07 Å². The minimum atomic E-state index is -0.237. The summed E-state index contributed by atoms with van der Waals surface area (Å²) in [7, 11) is 0. The summed E-state index contributed by atoms with van der Waals surface area (Å²) in [5, 5.41) is 7.69. The van der Waals surface area contributed by atoms with E-state index in [1.54, 1.807) is 6.92 Å². The van der Waals surface area contributed by atoms with Gasteiger partial charge < -0.3 is 9.15 Å². The molecule has 0 aliphatic rings. The van der Waals surface area contributed by atoms with Crippen molar-refractivity contribution in [3.8, 4) is 5.75 Å². The Kier molecular flexibility index (Phi) is 3.42. The molecule has 16 heavy (non-hydrogen) atoms. The van der Waals surface area contributed by atoms with Gasteiger partial charge in [-0.15, -0.1) is 10.2 Å². The van der Waals surface area contributed by atoms with Crippen LogP contribution in [-0.2, 0) is 0 Å². The second kappa shape index (κ2) is 4.82. The molecule has 1 aromatic carbocycles. The van der Waals surface area contributed by atoms with Gasteiger partial charge in [0.15, 0.2) is 6.10 Å². The first kappa shape index (κ1) is 11.4. The molecule has 1 aromatic heterocycles. The summed E-state index contributed by atoms with van der Waals surface area (Å²) in [4.78, 5) is 0. The Hall–Kier alpha value is -1.11. The lowest BCUT2D eigenvalue weighted by Gasteiger charge is -2.10. The first-order valence-electron chi connectivity index (χ1n) is 4.87. The van der Waals surface area contributed by atoms with E-state index in [4.69, 9.17) is 9.15 Å². The van der Waals surface area contributed by atoms with Crippen LogP contribution in [-0.4, -0.2) is 10.2 Å². The predicted molar refractivity (Wildman–Crippen MR) is 67.2 cm³/mol. The van der Waals surface area contributed by atoms with E-state index >= 15 is 0 Å². The van der Waals surface area contributed by atoms with E-state index in [0.717, 1.165) is 9.32 Å². The molecule has 1 heterocycles. The van der Waals surface area contributed by atoms with Crippen LogP contribution < -0.4 is 4.74 Å². The Balaban J connectivity index is 2.10. The normalized spacial score (nSPS) is 12.4. The Labute approximate surface area is 107 Å². The molecule has 0 radical (unpaired) electrons. The van der Waals surface area contributed by atoms with Crippen LogP contribution in [0.5, 0.6) is 5.75 Å². The number of benzene rings is 1. The zero-order chi connectivity index (χ0) is 11.5. The van der Waals surface area contributed by atoms with Crippen LogP contribution in [0.3, 0.4) is 0 Å². The van der Waals surface area contributed by atoms with E-state index in [2.05, 4.69) is 32.8 Å². The lowest BCUT2D eigenvalue weighted by Crippen LogP contribution is -2.03. The van der Waals surface area contributed by atoms with Crippen molar-refractivity contribution in [1.29, 1.82) is 0 Å². The molecule has 0 saturated carbocycles. The second-order valence-corrected chi connectivity index (χ2v) is 4.62. The molecule has 0 fully saturated rings. The summed E-state index contributed by atoms with van der Waals surface area (Å²) >= 11 is 2.24. The molecule has 4 nitrogen and oxygen atoms in total. The highest BCUT2D eigenvalue weighted by Crippen LogP contribution is 2.22. The number of nitrogens with zero attached hydrogens (tertiary/aromatic N) is 2. The van der Waals surface area contributed by atoms with Crippen molar-refractivity contribution >= 4 is 22.6 Å². The standard InChI is InChI=1S/C11H11IN2O2/c1-7(11-14-13-8(2)16-11)15-10-5-3-4-9(12)6-10/h3-7H,1-2H3/t7-/m1/s1. The first-order chi connectivity index (χ1) is 7.65. The molecule has 2 rings (SSSR count). The van der Waals surface area contributed by atoms with Gasteiger partial charge in [0.2, 0.25) is 5.89 Å². The average molecular weight is 330 g/mol. The van der Waals surface area contributed by atoms with Gasteiger partial charge in [-0.2, -0.15) is 0 Å². The maximum absolute atomic E-state index is 5.69. The molecule has 5 heteroatoms. The van der Waals surface area contributed by atoms with Crippen molar-refractivity contribution in [2.45, 2.75) is 20.0 Å². The van der Waals surface area contributed by atoms with E-state index < -0.39 is 0 Å². The van der Waals surface area contributed by atoms with Crippen molar-refractivity contribution in [2.75, 3.05) is 0 Å². The molecule has 0 N–H and O–H groups in total. The SMILES string of the molecule is Cc1nnc([C@@H](C)Oc2cccc(I)c2)o1. The smallest absolute Gasteiger partial charge is 0.256 e. The quantitative estimate of drug-likeness (QED) is 0.812. The number of aromatic nitrogens is 2. The summed E-state index contributed by atoms with van der Waals surface area (Å²) in [6, 6.07) is 7.82. The molecule has 2 aromatic rings. The third-order valence-electron chi connectivity index (χ3n) is 2.00. The second-order valence-electron chi connectivity index (χ2n) is 3.38. The van der Waals surface area contributed by atoms with Crippen LogP contribution in [0.15, 0.2) is 28.7 Å². The highest BCUT2D eigenvalue weighted by atomic mass is 127. The molecule has 0 bridgehead atoms. The van der Waals surface area contributed by atoms with Gasteiger partial charge in [0.25, 0.3) is 5.89 Å². The van der Waals surface area contributed by atoms with Crippen LogP contribution in [0.2, 0.25) is 0 Å². The fourth-order valence-electron chi connectivity index (χ4n) is 1.27. The van der Waals surface area contributed by atoms with Crippen LogP contribution >= 0.6 is 22.6 Å². The largest absolute Gasteiger partial charge is 0.481 e. The fourth-order valence-corrected chi connectivity index (χ4v) is 1.79. The maximum atomic E-state index is 5.69. The Morgan fingerprint density at radius 2 is 2.19 bits per heavy atom. The first-order valence-corrected chi connectivity index (χ1v) is 5.95. The lowest BCUT2D eigenvalue weighted by atomic mass is 10.3. The van der Waals surface area contributed by atoms with Gasteiger partial charge in [0, 0.05) is 10.5 Å². The summed E-state index contributed by atoms with van der Waals surface area (Å²) in [6.07, 6.45) is -0.237. The molecule has 84 valence electrons. The molecule has 1 atom stereocenters. The summed E-state index contributed by atoms with van der Waals surface area (Å²) in [5.74, 6) is 1.85. The fraction of sp³-hybridized carbons (Fsp3) is 0.273. The van der Waals surface area contributed by atoms with Crippen LogP contribution in [0.1, 0.15) is 24.8 Å². The number of halogens is 1. The molecular weight excluding hydrogens is 319 g/mol. The molecular formula is C11H11IN2O2. The zero-order valence-corrected chi connectivity index (χ0v) is 11.1. The zero-order valence-electron chi connectivity index (χ0n) is 8.98. The highest BCUT2D eigenvalue weighted by molar-refractivity contribution is 14.1. The molecule has 0 aliphatic carbocycles. The number of rotatable bonds is 3. The number of hydrogen-bond acceptors (Lipinski definition) is 4. The van der Waals surface area contributed by atoms with Crippen molar-refractivity contribution in [2.24, 2.45) is 0 Å². The molecule has 0 saturated heterocycles. The van der Waals surface area contributed by atoms with Crippen molar-refractivity contribution in [3.05, 3.63) is 39.6 Å². The van der Waals surface area contributed by atoms with Crippen LogP contribution in [0, 0.1) is 10.5 Å². The minimum Gasteiger partial charge on any atom is -0.481 e. The van der Waals surface area contributed by atoms with Crippen LogP contribution in [0.4, 0.5) is 0 Å². The van der Waals surface area contributed by atoms with Crippen molar-refractivity contribution in [3.63, 3.8) is 0 Å². The number of aryl methyl sites for hydroxylation is 1. The van der Waals surface area contributed by atoms with Crippen LogP contribution in [0.25, 0.3) is 0 Å². The molecule has 0 spiro atoms. The molecule has 0 aliphatic heterocycles. The Morgan fingerprint density at radius 3 is 2.81 bits per heavy atom. The Morgan fingerprint density at radius 1 is 1.38 bits per heavy atom. The van der Waals surface area contributed by atoms with E-state index in [1.165, 1.54) is 0 Å². The summed E-state index contributed by atoms with van der Waals surface area (Å²) in [5.41, 5.74) is 0. The summed E-state index contributed by atoms with van der Waals surface area (Å²) in [6.45, 7) is 3.64. The van der Waals surface area contributed by atoms with Crippen molar-refractivity contribution < 1.29 is 9.15 Å². The van der Waals surface area contributed by atoms with Gasteiger partial charge in [0.05, 0.1) is 0 Å². The lowest BCUT2D eigenvalue weighted by molar-refractivity contribution is 0.187. The maximum Gasteiger partial charge on any atom is 0.256 e. The predicted octanol–water partition coefficient (Wildman–Crippen LogP) is 3.12. The topological polar surface area (TPSA) is 48.2 Å². The number of hydrogen-bond donors (Lipinski definition) is 0. The average Bonchev–Trinajstić information content (AvgIpc) is 2.65. The molecule has 0 amide bonds. The third-order valence-corrected chi connectivity index (χ3v) is 2.67. The monoisotopic (exact) mass is 330 g/mol. The Bertz CT molecular complexity index is 484. The van der Waals surface area contributed by atoms with E-state index in [0.29, 0.717) is 11.8 Å². The van der Waals surface area contributed by atoms with Gasteiger partial charge in [0.1, 0.15) is 5.75 Å². The van der Waals surface area contributed by atoms with Gasteiger partial charge >= 0.3 is 0 Å². The highest BCUT2D eigenvalue weighted by Gasteiger charge is 2.14. The third kappa shape index (κ3) is 2.72. The minimum absolute atomic E-state index is 0.237.